The van der Waals surface area contributed by atoms with Crippen molar-refractivity contribution in [1.29, 1.82) is 0 Å². The molecule has 0 spiro atoms. The van der Waals surface area contributed by atoms with Gasteiger partial charge in [-0.1, -0.05) is 30.3 Å². The quantitative estimate of drug-likeness (QED) is 0.560. The van der Waals surface area contributed by atoms with Gasteiger partial charge in [0.05, 0.1) is 21.9 Å². The summed E-state index contributed by atoms with van der Waals surface area (Å²) in [5.41, 5.74) is -0.616. The van der Waals surface area contributed by atoms with Crippen molar-refractivity contribution in [3.05, 3.63) is 89.5 Å². The number of amides is 1. The number of nitrogens with one attached hydrogen (secondary N) is 1. The lowest BCUT2D eigenvalue weighted by molar-refractivity contribution is -0.136. The molecule has 0 aliphatic heterocycles. The molecule has 0 aliphatic rings. The molecule has 3 aromatic carbocycles. The van der Waals surface area contributed by atoms with Gasteiger partial charge in [0.1, 0.15) is 0 Å². The first-order valence-electron chi connectivity index (χ1n) is 9.54. The number of sulfone groups is 1. The van der Waals surface area contributed by atoms with E-state index in [-0.39, 0.29) is 21.9 Å². The standard InChI is InChI=1S/C23H21F3N2O3S/c1-28(2)18-11-12-21(20(14-18)23(24,25)26)27-22(29)17-8-6-7-16(13-17)15-32(30,31)19-9-4-3-5-10-19/h3-14H,15H2,1-2H3,(H,27,29). The lowest BCUT2D eigenvalue weighted by Gasteiger charge is -2.19. The van der Waals surface area contributed by atoms with Gasteiger partial charge < -0.3 is 10.2 Å². The van der Waals surface area contributed by atoms with E-state index in [2.05, 4.69) is 5.32 Å². The van der Waals surface area contributed by atoms with Crippen LogP contribution in [0.3, 0.4) is 0 Å². The third kappa shape index (κ3) is 5.47. The van der Waals surface area contributed by atoms with Crippen molar-refractivity contribution in [3.8, 4) is 0 Å². The number of benzene rings is 3. The van der Waals surface area contributed by atoms with Gasteiger partial charge in [-0.3, -0.25) is 4.79 Å². The Balaban J connectivity index is 1.86. The molecule has 3 aromatic rings. The Bertz CT molecular complexity index is 1220. The summed E-state index contributed by atoms with van der Waals surface area (Å²) in [7, 11) is -0.411. The molecule has 0 aromatic heterocycles. The Hall–Kier alpha value is -3.33. The number of carbonyl (C=O) groups excluding carboxylic acids is 1. The average molecular weight is 462 g/mol. The van der Waals surface area contributed by atoms with Crippen molar-refractivity contribution in [2.45, 2.75) is 16.8 Å². The minimum absolute atomic E-state index is 0.0515. The lowest BCUT2D eigenvalue weighted by atomic mass is 10.1. The maximum absolute atomic E-state index is 13.5. The molecule has 0 saturated carbocycles. The summed E-state index contributed by atoms with van der Waals surface area (Å²) in [6.07, 6.45) is -4.67. The van der Waals surface area contributed by atoms with Gasteiger partial charge >= 0.3 is 6.18 Å². The summed E-state index contributed by atoms with van der Waals surface area (Å²) in [5, 5.41) is 2.29. The van der Waals surface area contributed by atoms with Gasteiger partial charge in [0.2, 0.25) is 0 Å². The Labute approximate surface area is 184 Å². The van der Waals surface area contributed by atoms with Gasteiger partial charge in [0, 0.05) is 25.3 Å². The maximum atomic E-state index is 13.5. The van der Waals surface area contributed by atoms with Crippen LogP contribution < -0.4 is 10.2 Å². The number of nitrogens with zero attached hydrogens (tertiary/aromatic N) is 1. The van der Waals surface area contributed by atoms with Gasteiger partial charge in [-0.25, -0.2) is 8.42 Å². The predicted octanol–water partition coefficient (Wildman–Crippen LogP) is 5.00. The monoisotopic (exact) mass is 462 g/mol. The van der Waals surface area contributed by atoms with Crippen LogP contribution in [-0.4, -0.2) is 28.4 Å². The number of rotatable bonds is 6. The van der Waals surface area contributed by atoms with Gasteiger partial charge in [-0.15, -0.1) is 0 Å². The van der Waals surface area contributed by atoms with E-state index in [1.807, 2.05) is 0 Å². The molecule has 0 radical (unpaired) electrons. The van der Waals surface area contributed by atoms with E-state index in [9.17, 15) is 26.4 Å². The highest BCUT2D eigenvalue weighted by Gasteiger charge is 2.34. The summed E-state index contributed by atoms with van der Waals surface area (Å²) in [6.45, 7) is 0. The van der Waals surface area contributed by atoms with Crippen LogP contribution in [0.15, 0.2) is 77.7 Å². The molecule has 168 valence electrons. The predicted molar refractivity (Wildman–Crippen MR) is 117 cm³/mol. The second-order valence-corrected chi connectivity index (χ2v) is 9.34. The first kappa shape index (κ1) is 23.3. The van der Waals surface area contributed by atoms with Crippen LogP contribution in [-0.2, 0) is 21.8 Å². The van der Waals surface area contributed by atoms with Crippen molar-refractivity contribution < 1.29 is 26.4 Å². The zero-order valence-corrected chi connectivity index (χ0v) is 18.2. The van der Waals surface area contributed by atoms with Crippen molar-refractivity contribution >= 4 is 27.1 Å². The zero-order chi connectivity index (χ0) is 23.5. The van der Waals surface area contributed by atoms with Crippen molar-refractivity contribution in [2.24, 2.45) is 0 Å². The molecule has 0 unspecified atom stereocenters. The normalized spacial score (nSPS) is 11.8. The third-order valence-corrected chi connectivity index (χ3v) is 6.43. The molecule has 0 aliphatic carbocycles. The summed E-state index contributed by atoms with van der Waals surface area (Å²) in [6, 6.07) is 17.3. The molecule has 0 atom stereocenters. The third-order valence-electron chi connectivity index (χ3n) is 4.72. The van der Waals surface area contributed by atoms with Crippen LogP contribution in [0.1, 0.15) is 21.5 Å². The number of anilines is 2. The molecule has 3 rings (SSSR count). The fourth-order valence-electron chi connectivity index (χ4n) is 3.08. The van der Waals surface area contributed by atoms with E-state index >= 15 is 0 Å². The molecule has 0 saturated heterocycles. The van der Waals surface area contributed by atoms with Crippen LogP contribution >= 0.6 is 0 Å². The number of hydrogen-bond donors (Lipinski definition) is 1. The van der Waals surface area contributed by atoms with Crippen LogP contribution in [0.4, 0.5) is 24.5 Å². The van der Waals surface area contributed by atoms with Gasteiger partial charge in [0.25, 0.3) is 5.91 Å². The Morgan fingerprint density at radius 3 is 2.25 bits per heavy atom. The topological polar surface area (TPSA) is 66.5 Å². The molecule has 0 bridgehead atoms. The summed E-state index contributed by atoms with van der Waals surface area (Å²) >= 11 is 0. The van der Waals surface area contributed by atoms with Crippen molar-refractivity contribution in [2.75, 3.05) is 24.3 Å². The first-order valence-corrected chi connectivity index (χ1v) is 11.2. The number of halogens is 3. The highest BCUT2D eigenvalue weighted by atomic mass is 32.2. The minimum atomic E-state index is -4.67. The number of carbonyl (C=O) groups is 1. The molecule has 1 amide bonds. The SMILES string of the molecule is CN(C)c1ccc(NC(=O)c2cccc(CS(=O)(=O)c3ccccc3)c2)c(C(F)(F)F)c1. The second-order valence-electron chi connectivity index (χ2n) is 7.35. The first-order chi connectivity index (χ1) is 15.0. The van der Waals surface area contributed by atoms with Gasteiger partial charge in [0.15, 0.2) is 9.84 Å². The number of hydrogen-bond acceptors (Lipinski definition) is 4. The van der Waals surface area contributed by atoms with Gasteiger partial charge in [-0.05, 0) is 48.0 Å². The highest BCUT2D eigenvalue weighted by Crippen LogP contribution is 2.37. The Morgan fingerprint density at radius 2 is 1.62 bits per heavy atom. The smallest absolute Gasteiger partial charge is 0.378 e. The highest BCUT2D eigenvalue weighted by molar-refractivity contribution is 7.90. The number of alkyl halides is 3. The van der Waals surface area contributed by atoms with E-state index in [0.29, 0.717) is 11.3 Å². The van der Waals surface area contributed by atoms with E-state index in [1.165, 1.54) is 47.4 Å². The molecule has 0 heterocycles. The second kappa shape index (κ2) is 9.04. The zero-order valence-electron chi connectivity index (χ0n) is 17.3. The van der Waals surface area contributed by atoms with Crippen LogP contribution in [0, 0.1) is 0 Å². The van der Waals surface area contributed by atoms with E-state index in [4.69, 9.17) is 0 Å². The van der Waals surface area contributed by atoms with Crippen LogP contribution in [0.5, 0.6) is 0 Å². The largest absolute Gasteiger partial charge is 0.418 e. The van der Waals surface area contributed by atoms with E-state index in [0.717, 1.165) is 6.07 Å². The molecule has 5 nitrogen and oxygen atoms in total. The molecule has 1 N–H and O–H groups in total. The van der Waals surface area contributed by atoms with Gasteiger partial charge in [-0.2, -0.15) is 13.2 Å². The summed E-state index contributed by atoms with van der Waals surface area (Å²) < 4.78 is 65.7. The fourth-order valence-corrected chi connectivity index (χ4v) is 4.44. The lowest BCUT2D eigenvalue weighted by Crippen LogP contribution is -2.18. The summed E-state index contributed by atoms with van der Waals surface area (Å²) in [5.74, 6) is -1.12. The molecular weight excluding hydrogens is 441 g/mol. The van der Waals surface area contributed by atoms with Crippen molar-refractivity contribution in [3.63, 3.8) is 0 Å². The van der Waals surface area contributed by atoms with Crippen molar-refractivity contribution in [1.82, 2.24) is 0 Å². The average Bonchev–Trinajstić information content (AvgIpc) is 2.73. The minimum Gasteiger partial charge on any atom is -0.378 e. The molecule has 32 heavy (non-hydrogen) atoms. The molecule has 9 heteroatoms. The van der Waals surface area contributed by atoms with E-state index in [1.54, 1.807) is 38.4 Å². The van der Waals surface area contributed by atoms with Crippen LogP contribution in [0.2, 0.25) is 0 Å². The fraction of sp³-hybridized carbons (Fsp3) is 0.174. The molecule has 0 fully saturated rings. The van der Waals surface area contributed by atoms with E-state index < -0.39 is 27.5 Å². The maximum Gasteiger partial charge on any atom is 0.418 e. The molecular formula is C23H21F3N2O3S. The summed E-state index contributed by atoms with van der Waals surface area (Å²) in [4.78, 5) is 14.3. The Morgan fingerprint density at radius 1 is 0.938 bits per heavy atom. The van der Waals surface area contributed by atoms with Crippen LogP contribution in [0.25, 0.3) is 0 Å². The Kier molecular flexibility index (Phi) is 6.59.